The number of rotatable bonds is 2. The lowest BCUT2D eigenvalue weighted by atomic mass is 10.1. The zero-order valence-corrected chi connectivity index (χ0v) is 9.10. The highest BCUT2D eigenvalue weighted by Crippen LogP contribution is 2.31. The second-order valence-corrected chi connectivity index (χ2v) is 4.48. The predicted molar refractivity (Wildman–Crippen MR) is 59.2 cm³/mol. The smallest absolute Gasteiger partial charge is 0.126 e. The quantitative estimate of drug-likeness (QED) is 0.793. The molecule has 5 heteroatoms. The summed E-state index contributed by atoms with van der Waals surface area (Å²) in [5.41, 5.74) is 0.526. The van der Waals surface area contributed by atoms with Gasteiger partial charge in [-0.1, -0.05) is 0 Å². The molecule has 0 radical (unpaired) electrons. The van der Waals surface area contributed by atoms with Crippen LogP contribution in [0.5, 0.6) is 0 Å². The molecular formula is C11H8F2N2S. The van der Waals surface area contributed by atoms with Gasteiger partial charge in [0.05, 0.1) is 23.6 Å². The normalized spacial score (nSPS) is 19.3. The van der Waals surface area contributed by atoms with Crippen molar-refractivity contribution in [2.45, 2.75) is 12.5 Å². The number of halogens is 2. The molecule has 82 valence electrons. The van der Waals surface area contributed by atoms with Crippen molar-refractivity contribution in [3.63, 3.8) is 0 Å². The minimum atomic E-state index is -0.594. The van der Waals surface area contributed by atoms with Gasteiger partial charge in [0.25, 0.3) is 0 Å². The Balaban J connectivity index is 2.23. The van der Waals surface area contributed by atoms with E-state index in [-0.39, 0.29) is 12.5 Å². The third kappa shape index (κ3) is 2.39. The molecule has 1 aromatic rings. The van der Waals surface area contributed by atoms with Crippen LogP contribution in [0.3, 0.4) is 0 Å². The first-order valence-electron chi connectivity index (χ1n) is 4.71. The van der Waals surface area contributed by atoms with Crippen LogP contribution in [0.4, 0.5) is 8.78 Å². The molecule has 0 N–H and O–H groups in total. The van der Waals surface area contributed by atoms with E-state index in [1.807, 2.05) is 6.07 Å². The Morgan fingerprint density at radius 1 is 1.38 bits per heavy atom. The second-order valence-electron chi connectivity index (χ2n) is 3.39. The van der Waals surface area contributed by atoms with E-state index in [0.29, 0.717) is 11.3 Å². The molecule has 0 bridgehead atoms. The molecule has 2 nitrogen and oxygen atoms in total. The molecule has 0 spiro atoms. The van der Waals surface area contributed by atoms with Gasteiger partial charge in [0, 0.05) is 11.8 Å². The molecule has 0 aromatic heterocycles. The Morgan fingerprint density at radius 3 is 2.69 bits per heavy atom. The van der Waals surface area contributed by atoms with Crippen molar-refractivity contribution in [2.75, 3.05) is 5.75 Å². The van der Waals surface area contributed by atoms with Crippen LogP contribution in [0.25, 0.3) is 0 Å². The molecule has 2 rings (SSSR count). The molecular weight excluding hydrogens is 230 g/mol. The number of nitriles is 1. The third-order valence-corrected chi connectivity index (χ3v) is 3.27. The zero-order valence-electron chi connectivity index (χ0n) is 8.28. The average Bonchev–Trinajstić information content (AvgIpc) is 2.65. The van der Waals surface area contributed by atoms with Crippen molar-refractivity contribution in [1.29, 1.82) is 5.26 Å². The first kappa shape index (κ1) is 11.1. The molecule has 1 heterocycles. The summed E-state index contributed by atoms with van der Waals surface area (Å²) in [7, 11) is 0. The number of hydrogen-bond donors (Lipinski definition) is 0. The van der Waals surface area contributed by atoms with E-state index in [4.69, 9.17) is 5.26 Å². The predicted octanol–water partition coefficient (Wildman–Crippen LogP) is 3.06. The maximum Gasteiger partial charge on any atom is 0.126 e. The van der Waals surface area contributed by atoms with Crippen molar-refractivity contribution in [3.8, 4) is 6.07 Å². The van der Waals surface area contributed by atoms with Gasteiger partial charge < -0.3 is 0 Å². The van der Waals surface area contributed by atoms with Crippen molar-refractivity contribution in [3.05, 3.63) is 35.4 Å². The summed E-state index contributed by atoms with van der Waals surface area (Å²) in [4.78, 5) is 4.25. The van der Waals surface area contributed by atoms with Crippen molar-refractivity contribution < 1.29 is 8.78 Å². The van der Waals surface area contributed by atoms with Crippen LogP contribution in [0, 0.1) is 23.0 Å². The maximum atomic E-state index is 13.0. The summed E-state index contributed by atoms with van der Waals surface area (Å²) in [6.07, 6.45) is 0.263. The van der Waals surface area contributed by atoms with Crippen LogP contribution in [0.15, 0.2) is 23.2 Å². The molecule has 16 heavy (non-hydrogen) atoms. The van der Waals surface area contributed by atoms with Gasteiger partial charge in [0.15, 0.2) is 0 Å². The van der Waals surface area contributed by atoms with Crippen LogP contribution in [-0.2, 0) is 0 Å². The monoisotopic (exact) mass is 238 g/mol. The molecule has 0 amide bonds. The van der Waals surface area contributed by atoms with Gasteiger partial charge in [-0.15, -0.1) is 11.8 Å². The Labute approximate surface area is 96.0 Å². The summed E-state index contributed by atoms with van der Waals surface area (Å²) >= 11 is 1.46. The molecule has 0 aliphatic carbocycles. The average molecular weight is 238 g/mol. The number of thioether (sulfide) groups is 1. The van der Waals surface area contributed by atoms with Gasteiger partial charge >= 0.3 is 0 Å². The lowest BCUT2D eigenvalue weighted by molar-refractivity contribution is 0.577. The standard InChI is InChI=1S/C11H8F2N2S/c12-8-3-7(4-9(13)5-8)10-6-16-11(15-10)1-2-14/h3-5,10H,1,6H2. The minimum absolute atomic E-state index is 0.237. The lowest BCUT2D eigenvalue weighted by Gasteiger charge is -2.06. The van der Waals surface area contributed by atoms with Crippen LogP contribution in [-0.4, -0.2) is 10.8 Å². The third-order valence-electron chi connectivity index (χ3n) is 2.21. The van der Waals surface area contributed by atoms with Crippen molar-refractivity contribution in [2.24, 2.45) is 4.99 Å². The van der Waals surface area contributed by atoms with Gasteiger partial charge in [-0.2, -0.15) is 5.26 Å². The number of nitrogens with zero attached hydrogens (tertiary/aromatic N) is 2. The number of hydrogen-bond acceptors (Lipinski definition) is 3. The van der Waals surface area contributed by atoms with Crippen LogP contribution in [0.1, 0.15) is 18.0 Å². The summed E-state index contributed by atoms with van der Waals surface area (Å²) in [5, 5.41) is 9.24. The highest BCUT2D eigenvalue weighted by atomic mass is 32.2. The summed E-state index contributed by atoms with van der Waals surface area (Å²) in [6.45, 7) is 0. The number of benzene rings is 1. The SMILES string of the molecule is N#CCC1=NC(c2cc(F)cc(F)c2)CS1. The van der Waals surface area contributed by atoms with E-state index >= 15 is 0 Å². The van der Waals surface area contributed by atoms with E-state index in [2.05, 4.69) is 4.99 Å². The van der Waals surface area contributed by atoms with E-state index in [0.717, 1.165) is 11.1 Å². The van der Waals surface area contributed by atoms with E-state index in [9.17, 15) is 8.78 Å². The van der Waals surface area contributed by atoms with E-state index in [1.165, 1.54) is 23.9 Å². The molecule has 1 aliphatic heterocycles. The molecule has 1 atom stereocenters. The fourth-order valence-corrected chi connectivity index (χ4v) is 2.51. The molecule has 1 aliphatic rings. The van der Waals surface area contributed by atoms with Gasteiger partial charge in [-0.25, -0.2) is 8.78 Å². The first-order valence-corrected chi connectivity index (χ1v) is 5.70. The minimum Gasteiger partial charge on any atom is -0.273 e. The Bertz CT molecular complexity index is 459. The van der Waals surface area contributed by atoms with Gasteiger partial charge in [0.1, 0.15) is 11.6 Å². The van der Waals surface area contributed by atoms with Gasteiger partial charge in [-0.3, -0.25) is 4.99 Å². The van der Waals surface area contributed by atoms with Gasteiger partial charge in [-0.05, 0) is 17.7 Å². The highest BCUT2D eigenvalue weighted by Gasteiger charge is 2.20. The summed E-state index contributed by atoms with van der Waals surface area (Å²) in [6, 6.07) is 5.18. The Hall–Kier alpha value is -1.41. The summed E-state index contributed by atoms with van der Waals surface area (Å²) < 4.78 is 26.0. The van der Waals surface area contributed by atoms with Crippen LogP contribution < -0.4 is 0 Å². The van der Waals surface area contributed by atoms with Crippen molar-refractivity contribution in [1.82, 2.24) is 0 Å². The van der Waals surface area contributed by atoms with E-state index < -0.39 is 11.6 Å². The van der Waals surface area contributed by atoms with Crippen LogP contribution in [0.2, 0.25) is 0 Å². The summed E-state index contributed by atoms with van der Waals surface area (Å²) in [5.74, 6) is -0.548. The highest BCUT2D eigenvalue weighted by molar-refractivity contribution is 8.14. The Morgan fingerprint density at radius 2 is 2.06 bits per heavy atom. The zero-order chi connectivity index (χ0) is 11.5. The van der Waals surface area contributed by atoms with Crippen LogP contribution >= 0.6 is 11.8 Å². The fraction of sp³-hybridized carbons (Fsp3) is 0.273. The lowest BCUT2D eigenvalue weighted by Crippen LogP contribution is -1.96. The Kier molecular flexibility index (Phi) is 3.20. The van der Waals surface area contributed by atoms with Crippen molar-refractivity contribution >= 4 is 16.8 Å². The molecule has 1 aromatic carbocycles. The largest absolute Gasteiger partial charge is 0.273 e. The molecule has 0 fully saturated rings. The first-order chi connectivity index (χ1) is 7.69. The molecule has 0 saturated heterocycles. The van der Waals surface area contributed by atoms with Gasteiger partial charge in [0.2, 0.25) is 0 Å². The molecule has 0 saturated carbocycles. The number of aliphatic imine (C=N–C) groups is 1. The van der Waals surface area contributed by atoms with E-state index in [1.54, 1.807) is 0 Å². The molecule has 1 unspecified atom stereocenters. The fourth-order valence-electron chi connectivity index (χ4n) is 1.53. The topological polar surface area (TPSA) is 36.1 Å². The maximum absolute atomic E-state index is 13.0. The second kappa shape index (κ2) is 4.62.